The third-order valence-corrected chi connectivity index (χ3v) is 2.17. The maximum atomic E-state index is 5.43. The van der Waals surface area contributed by atoms with E-state index in [0.29, 0.717) is 11.9 Å². The van der Waals surface area contributed by atoms with Gasteiger partial charge in [-0.1, -0.05) is 20.8 Å². The van der Waals surface area contributed by atoms with E-state index in [9.17, 15) is 0 Å². The summed E-state index contributed by atoms with van der Waals surface area (Å²) in [6.07, 6.45) is 3.29. The average Bonchev–Trinajstić information content (AvgIpc) is 2.85. The second-order valence-corrected chi connectivity index (χ2v) is 4.59. The summed E-state index contributed by atoms with van der Waals surface area (Å²) < 4.78 is 10.4. The second kappa shape index (κ2) is 3.66. The molecule has 0 aliphatic rings. The summed E-state index contributed by atoms with van der Waals surface area (Å²) in [6, 6.07) is 0.468. The number of methoxy groups -OCH3 is 1. The lowest BCUT2D eigenvalue weighted by atomic mass is 9.97. The van der Waals surface area contributed by atoms with Gasteiger partial charge < -0.3 is 14.1 Å². The number of hydrogen-bond acceptors (Lipinski definition) is 4. The molecule has 2 heterocycles. The summed E-state index contributed by atoms with van der Waals surface area (Å²) in [4.78, 5) is 11.4. The van der Waals surface area contributed by atoms with E-state index in [1.54, 1.807) is 19.6 Å². The fraction of sp³-hybridized carbons (Fsp3) is 0.455. The molecule has 0 saturated carbocycles. The van der Waals surface area contributed by atoms with Gasteiger partial charge in [-0.2, -0.15) is 0 Å². The Bertz CT molecular complexity index is 479. The largest absolute Gasteiger partial charge is 0.468 e. The van der Waals surface area contributed by atoms with E-state index < -0.39 is 0 Å². The molecule has 0 spiro atoms. The van der Waals surface area contributed by atoms with Gasteiger partial charge in [-0.15, -0.1) is 0 Å². The molecule has 0 saturated heterocycles. The van der Waals surface area contributed by atoms with Crippen molar-refractivity contribution in [2.75, 3.05) is 7.11 Å². The number of aromatic nitrogens is 3. The van der Waals surface area contributed by atoms with Gasteiger partial charge in [0.25, 0.3) is 6.01 Å². The summed E-state index contributed by atoms with van der Waals surface area (Å²) in [5.41, 5.74) is 1.43. The maximum absolute atomic E-state index is 5.43. The summed E-state index contributed by atoms with van der Waals surface area (Å²) in [7, 11) is 1.56. The van der Waals surface area contributed by atoms with Gasteiger partial charge in [0.15, 0.2) is 5.89 Å². The fourth-order valence-corrected chi connectivity index (χ4v) is 1.28. The second-order valence-electron chi connectivity index (χ2n) is 4.59. The van der Waals surface area contributed by atoms with Crippen LogP contribution in [0.25, 0.3) is 11.4 Å². The summed E-state index contributed by atoms with van der Waals surface area (Å²) >= 11 is 0. The van der Waals surface area contributed by atoms with Crippen LogP contribution in [0.4, 0.5) is 0 Å². The SMILES string of the molecule is COc1ncc(-c2coc(C(C)(C)C)n2)[nH]1. The first-order valence-corrected chi connectivity index (χ1v) is 5.06. The standard InChI is InChI=1S/C11H15N3O2/c1-11(2,3)9-13-8(6-16-9)7-5-12-10(14-7)15-4/h5-6H,1-4H3,(H,12,14). The zero-order valence-electron chi connectivity index (χ0n) is 9.87. The molecule has 2 rings (SSSR count). The van der Waals surface area contributed by atoms with Crippen LogP contribution in [-0.2, 0) is 5.41 Å². The average molecular weight is 221 g/mol. The maximum Gasteiger partial charge on any atom is 0.293 e. The quantitative estimate of drug-likeness (QED) is 0.845. The van der Waals surface area contributed by atoms with E-state index in [-0.39, 0.29) is 5.41 Å². The zero-order valence-corrected chi connectivity index (χ0v) is 9.87. The predicted octanol–water partition coefficient (Wildman–Crippen LogP) is 2.37. The molecule has 0 unspecified atom stereocenters. The van der Waals surface area contributed by atoms with Gasteiger partial charge in [0, 0.05) is 5.41 Å². The van der Waals surface area contributed by atoms with Crippen LogP contribution in [0.15, 0.2) is 16.9 Å². The van der Waals surface area contributed by atoms with Crippen molar-refractivity contribution in [3.8, 4) is 17.4 Å². The van der Waals surface area contributed by atoms with Crippen LogP contribution in [0.2, 0.25) is 0 Å². The van der Waals surface area contributed by atoms with Gasteiger partial charge in [0.1, 0.15) is 12.0 Å². The Labute approximate surface area is 93.9 Å². The number of nitrogens with zero attached hydrogens (tertiary/aromatic N) is 2. The van der Waals surface area contributed by atoms with E-state index in [4.69, 9.17) is 9.15 Å². The Hall–Kier alpha value is -1.78. The molecular weight excluding hydrogens is 206 g/mol. The highest BCUT2D eigenvalue weighted by atomic mass is 16.5. The number of hydrogen-bond donors (Lipinski definition) is 1. The van der Waals surface area contributed by atoms with Gasteiger partial charge in [-0.05, 0) is 0 Å². The van der Waals surface area contributed by atoms with E-state index in [2.05, 4.69) is 35.7 Å². The molecule has 0 atom stereocenters. The highest BCUT2D eigenvalue weighted by Crippen LogP contribution is 2.25. The number of oxazole rings is 1. The first-order valence-electron chi connectivity index (χ1n) is 5.06. The molecule has 86 valence electrons. The zero-order chi connectivity index (χ0) is 11.8. The lowest BCUT2D eigenvalue weighted by molar-refractivity contribution is 0.384. The Morgan fingerprint density at radius 3 is 2.62 bits per heavy atom. The summed E-state index contributed by atoms with van der Waals surface area (Å²) in [5, 5.41) is 0. The molecular formula is C11H15N3O2. The number of nitrogens with one attached hydrogen (secondary N) is 1. The van der Waals surface area contributed by atoms with Crippen LogP contribution < -0.4 is 4.74 Å². The van der Waals surface area contributed by atoms with Crippen molar-refractivity contribution in [3.63, 3.8) is 0 Å². The Morgan fingerprint density at radius 2 is 2.12 bits per heavy atom. The molecule has 5 nitrogen and oxygen atoms in total. The number of ether oxygens (including phenoxy) is 1. The van der Waals surface area contributed by atoms with Crippen LogP contribution in [-0.4, -0.2) is 22.1 Å². The van der Waals surface area contributed by atoms with E-state index in [0.717, 1.165) is 11.4 Å². The molecule has 5 heteroatoms. The Kier molecular flexibility index (Phi) is 2.46. The van der Waals surface area contributed by atoms with Crippen molar-refractivity contribution in [3.05, 3.63) is 18.4 Å². The van der Waals surface area contributed by atoms with Crippen molar-refractivity contribution in [2.24, 2.45) is 0 Å². The topological polar surface area (TPSA) is 63.9 Å². The predicted molar refractivity (Wildman–Crippen MR) is 59.3 cm³/mol. The number of H-pyrrole nitrogens is 1. The lowest BCUT2D eigenvalue weighted by Crippen LogP contribution is -2.11. The normalized spacial score (nSPS) is 11.8. The minimum Gasteiger partial charge on any atom is -0.468 e. The molecule has 0 amide bonds. The van der Waals surface area contributed by atoms with Crippen LogP contribution in [0, 0.1) is 0 Å². The fourth-order valence-electron chi connectivity index (χ4n) is 1.28. The molecule has 16 heavy (non-hydrogen) atoms. The molecule has 0 aliphatic heterocycles. The van der Waals surface area contributed by atoms with Gasteiger partial charge in [-0.3, -0.25) is 0 Å². The third kappa shape index (κ3) is 1.93. The Morgan fingerprint density at radius 1 is 1.38 bits per heavy atom. The van der Waals surface area contributed by atoms with Crippen molar-refractivity contribution in [1.29, 1.82) is 0 Å². The molecule has 0 radical (unpaired) electrons. The van der Waals surface area contributed by atoms with Crippen molar-refractivity contribution >= 4 is 0 Å². The molecule has 1 N–H and O–H groups in total. The van der Waals surface area contributed by atoms with Gasteiger partial charge in [-0.25, -0.2) is 9.97 Å². The van der Waals surface area contributed by atoms with E-state index >= 15 is 0 Å². The summed E-state index contributed by atoms with van der Waals surface area (Å²) in [6.45, 7) is 6.16. The molecule has 0 aromatic carbocycles. The number of imidazole rings is 1. The molecule has 2 aromatic rings. The van der Waals surface area contributed by atoms with Gasteiger partial charge in [0.2, 0.25) is 0 Å². The highest BCUT2D eigenvalue weighted by molar-refractivity contribution is 5.52. The monoisotopic (exact) mass is 221 g/mol. The van der Waals surface area contributed by atoms with Crippen molar-refractivity contribution in [1.82, 2.24) is 15.0 Å². The molecule has 2 aromatic heterocycles. The third-order valence-electron chi connectivity index (χ3n) is 2.17. The first-order chi connectivity index (χ1) is 7.50. The van der Waals surface area contributed by atoms with Crippen LogP contribution in [0.3, 0.4) is 0 Å². The molecule has 0 aliphatic carbocycles. The van der Waals surface area contributed by atoms with E-state index in [1.165, 1.54) is 0 Å². The minimum absolute atomic E-state index is 0.0949. The van der Waals surface area contributed by atoms with Crippen molar-refractivity contribution < 1.29 is 9.15 Å². The minimum atomic E-state index is -0.0949. The molecule has 0 fully saturated rings. The first kappa shape index (κ1) is 10.7. The van der Waals surface area contributed by atoms with Gasteiger partial charge in [0.05, 0.1) is 19.0 Å². The summed E-state index contributed by atoms with van der Waals surface area (Å²) in [5.74, 6) is 0.705. The Balaban J connectivity index is 2.31. The van der Waals surface area contributed by atoms with Crippen LogP contribution in [0.1, 0.15) is 26.7 Å². The number of rotatable bonds is 2. The van der Waals surface area contributed by atoms with Crippen LogP contribution in [0.5, 0.6) is 6.01 Å². The van der Waals surface area contributed by atoms with Gasteiger partial charge >= 0.3 is 0 Å². The lowest BCUT2D eigenvalue weighted by Gasteiger charge is -2.11. The smallest absolute Gasteiger partial charge is 0.293 e. The van der Waals surface area contributed by atoms with E-state index in [1.807, 2.05) is 0 Å². The number of aromatic amines is 1. The van der Waals surface area contributed by atoms with Crippen molar-refractivity contribution in [2.45, 2.75) is 26.2 Å². The highest BCUT2D eigenvalue weighted by Gasteiger charge is 2.21. The van der Waals surface area contributed by atoms with Crippen LogP contribution >= 0.6 is 0 Å². The molecule has 0 bridgehead atoms.